The van der Waals surface area contributed by atoms with Crippen LogP contribution in [0.2, 0.25) is 0 Å². The number of allylic oxidation sites excluding steroid dienone is 1. The van der Waals surface area contributed by atoms with E-state index in [1.807, 2.05) is 6.92 Å². The highest BCUT2D eigenvalue weighted by Crippen LogP contribution is 2.67. The van der Waals surface area contributed by atoms with Crippen LogP contribution in [0.15, 0.2) is 11.3 Å². The third-order valence-electron chi connectivity index (χ3n) is 8.66. The van der Waals surface area contributed by atoms with Gasteiger partial charge in [-0.05, 0) is 86.0 Å². The Bertz CT molecular complexity index is 590. The van der Waals surface area contributed by atoms with Crippen molar-refractivity contribution in [3.05, 3.63) is 11.3 Å². The zero-order valence-electron chi connectivity index (χ0n) is 14.7. The van der Waals surface area contributed by atoms with Crippen LogP contribution < -0.4 is 0 Å². The minimum absolute atomic E-state index is 0.00329. The summed E-state index contributed by atoms with van der Waals surface area (Å²) in [4.78, 5) is 11.9. The Balaban J connectivity index is 1.72. The maximum atomic E-state index is 11.9. The molecular weight excluding hydrogens is 288 g/mol. The maximum Gasteiger partial charge on any atom is 0.197 e. The van der Waals surface area contributed by atoms with Gasteiger partial charge < -0.3 is 10.2 Å². The van der Waals surface area contributed by atoms with E-state index in [1.165, 1.54) is 0 Å². The first kappa shape index (κ1) is 15.7. The van der Waals surface area contributed by atoms with Gasteiger partial charge >= 0.3 is 0 Å². The lowest BCUT2D eigenvalue weighted by Crippen LogP contribution is -2.54. The molecule has 0 amide bonds. The molecule has 0 saturated heterocycles. The van der Waals surface area contributed by atoms with E-state index in [2.05, 4.69) is 13.8 Å². The van der Waals surface area contributed by atoms with Crippen LogP contribution in [-0.4, -0.2) is 21.6 Å². The van der Waals surface area contributed by atoms with Crippen LogP contribution >= 0.6 is 0 Å². The number of fused-ring (bicyclic) bond motifs is 5. The SMILES string of the molecule is C[C@]12CCC(=O)C(O)=C1CC[C@H]1[C@H]2CC[C@@]2(C)[C@@H]1CC[C@]2(C)O. The monoisotopic (exact) mass is 318 g/mol. The van der Waals surface area contributed by atoms with Gasteiger partial charge in [0.25, 0.3) is 0 Å². The Hall–Kier alpha value is -0.830. The number of aliphatic hydroxyl groups is 2. The van der Waals surface area contributed by atoms with Gasteiger partial charge in [0.15, 0.2) is 11.5 Å². The van der Waals surface area contributed by atoms with Crippen LogP contribution in [0, 0.1) is 28.6 Å². The predicted octanol–water partition coefficient (Wildman–Crippen LogP) is 4.16. The third kappa shape index (κ3) is 1.83. The molecule has 0 radical (unpaired) electrons. The van der Waals surface area contributed by atoms with Gasteiger partial charge in [-0.3, -0.25) is 4.79 Å². The summed E-state index contributed by atoms with van der Waals surface area (Å²) in [5.41, 5.74) is 0.544. The molecule has 0 spiro atoms. The normalized spacial score (nSPS) is 52.9. The highest BCUT2D eigenvalue weighted by atomic mass is 16.3. The first-order chi connectivity index (χ1) is 10.7. The number of ketones is 1. The molecule has 4 rings (SSSR count). The lowest BCUT2D eigenvalue weighted by molar-refractivity contribution is -0.127. The highest BCUT2D eigenvalue weighted by Gasteiger charge is 2.62. The Labute approximate surface area is 139 Å². The fourth-order valence-electron chi connectivity index (χ4n) is 6.93. The van der Waals surface area contributed by atoms with Gasteiger partial charge in [-0.1, -0.05) is 13.8 Å². The highest BCUT2D eigenvalue weighted by molar-refractivity contribution is 5.95. The number of hydrogen-bond donors (Lipinski definition) is 2. The van der Waals surface area contributed by atoms with E-state index in [0.717, 1.165) is 50.5 Å². The van der Waals surface area contributed by atoms with Gasteiger partial charge in [0.1, 0.15) is 0 Å². The van der Waals surface area contributed by atoms with Crippen molar-refractivity contribution in [1.29, 1.82) is 0 Å². The van der Waals surface area contributed by atoms with Crippen molar-refractivity contribution in [1.82, 2.24) is 0 Å². The molecule has 3 fully saturated rings. The van der Waals surface area contributed by atoms with Crippen molar-refractivity contribution < 1.29 is 15.0 Å². The molecule has 0 aromatic rings. The molecule has 0 heterocycles. The maximum absolute atomic E-state index is 11.9. The lowest BCUT2D eigenvalue weighted by atomic mass is 9.46. The number of hydrogen-bond acceptors (Lipinski definition) is 3. The van der Waals surface area contributed by atoms with E-state index >= 15 is 0 Å². The van der Waals surface area contributed by atoms with Gasteiger partial charge in [-0.2, -0.15) is 0 Å². The molecule has 3 heteroatoms. The van der Waals surface area contributed by atoms with Crippen LogP contribution in [0.5, 0.6) is 0 Å². The molecule has 0 aromatic heterocycles. The van der Waals surface area contributed by atoms with Crippen LogP contribution in [0.1, 0.15) is 72.1 Å². The van der Waals surface area contributed by atoms with Crippen LogP contribution in [0.4, 0.5) is 0 Å². The molecule has 128 valence electrons. The standard InChI is InChI=1S/C20H30O3/c1-18-9-8-16(21)17(22)15(18)5-4-12-13(18)6-10-19(2)14(12)7-11-20(19,3)23/h12-14,22-23H,4-11H2,1-3H3/t12-,13+,14+,18+,19-,20-/m0/s1. The molecule has 3 nitrogen and oxygen atoms in total. The summed E-state index contributed by atoms with van der Waals surface area (Å²) < 4.78 is 0. The first-order valence-electron chi connectivity index (χ1n) is 9.39. The van der Waals surface area contributed by atoms with E-state index in [0.29, 0.717) is 24.2 Å². The second-order valence-corrected chi connectivity index (χ2v) is 9.35. The quantitative estimate of drug-likeness (QED) is 0.705. The van der Waals surface area contributed by atoms with Crippen molar-refractivity contribution in [2.24, 2.45) is 28.6 Å². The molecule has 2 N–H and O–H groups in total. The average molecular weight is 318 g/mol. The van der Waals surface area contributed by atoms with E-state index in [-0.39, 0.29) is 22.4 Å². The van der Waals surface area contributed by atoms with Crippen LogP contribution in [0.25, 0.3) is 0 Å². The topological polar surface area (TPSA) is 57.5 Å². The lowest BCUT2D eigenvalue weighted by Gasteiger charge is -2.58. The minimum Gasteiger partial charge on any atom is -0.504 e. The molecule has 4 aliphatic rings. The molecular formula is C20H30O3. The van der Waals surface area contributed by atoms with Crippen molar-refractivity contribution in [3.8, 4) is 0 Å². The summed E-state index contributed by atoms with van der Waals surface area (Å²) in [5.74, 6) is 1.82. The van der Waals surface area contributed by atoms with E-state index in [4.69, 9.17) is 0 Å². The summed E-state index contributed by atoms with van der Waals surface area (Å²) in [6.07, 6.45) is 7.57. The fourth-order valence-corrected chi connectivity index (χ4v) is 6.93. The number of rotatable bonds is 0. The third-order valence-corrected chi connectivity index (χ3v) is 8.66. The summed E-state index contributed by atoms with van der Waals surface area (Å²) >= 11 is 0. The summed E-state index contributed by atoms with van der Waals surface area (Å²) in [7, 11) is 0. The predicted molar refractivity (Wildman–Crippen MR) is 88.9 cm³/mol. The van der Waals surface area contributed by atoms with Gasteiger partial charge in [0.2, 0.25) is 0 Å². The van der Waals surface area contributed by atoms with Gasteiger partial charge in [0.05, 0.1) is 5.60 Å². The Morgan fingerprint density at radius 1 is 0.957 bits per heavy atom. The largest absolute Gasteiger partial charge is 0.504 e. The number of carbonyl (C=O) groups is 1. The Kier molecular flexibility index (Phi) is 3.15. The van der Waals surface area contributed by atoms with E-state index in [9.17, 15) is 15.0 Å². The zero-order valence-corrected chi connectivity index (χ0v) is 14.7. The molecule has 0 aromatic carbocycles. The second kappa shape index (κ2) is 4.62. The average Bonchev–Trinajstić information content (AvgIpc) is 2.74. The van der Waals surface area contributed by atoms with E-state index < -0.39 is 5.60 Å². The molecule has 0 bridgehead atoms. The number of Topliss-reactive ketones (excluding diaryl/α,β-unsaturated/α-hetero) is 1. The zero-order chi connectivity index (χ0) is 16.6. The number of aliphatic hydroxyl groups excluding tert-OH is 1. The van der Waals surface area contributed by atoms with Gasteiger partial charge in [0, 0.05) is 6.42 Å². The van der Waals surface area contributed by atoms with Gasteiger partial charge in [-0.25, -0.2) is 0 Å². The van der Waals surface area contributed by atoms with Crippen molar-refractivity contribution in [2.75, 3.05) is 0 Å². The molecule has 3 saturated carbocycles. The summed E-state index contributed by atoms with van der Waals surface area (Å²) in [6.45, 7) is 6.63. The molecule has 4 aliphatic carbocycles. The molecule has 0 unspecified atom stereocenters. The summed E-state index contributed by atoms with van der Waals surface area (Å²) in [6, 6.07) is 0. The smallest absolute Gasteiger partial charge is 0.197 e. The fraction of sp³-hybridized carbons (Fsp3) is 0.850. The molecule has 23 heavy (non-hydrogen) atoms. The van der Waals surface area contributed by atoms with Crippen LogP contribution in [-0.2, 0) is 4.79 Å². The van der Waals surface area contributed by atoms with Crippen molar-refractivity contribution in [2.45, 2.75) is 77.7 Å². The van der Waals surface area contributed by atoms with E-state index in [1.54, 1.807) is 0 Å². The van der Waals surface area contributed by atoms with Crippen molar-refractivity contribution in [3.63, 3.8) is 0 Å². The second-order valence-electron chi connectivity index (χ2n) is 9.35. The first-order valence-corrected chi connectivity index (χ1v) is 9.39. The summed E-state index contributed by atoms with van der Waals surface area (Å²) in [5, 5.41) is 21.3. The Morgan fingerprint density at radius 2 is 1.65 bits per heavy atom. The van der Waals surface area contributed by atoms with Gasteiger partial charge in [-0.15, -0.1) is 0 Å². The molecule has 6 atom stereocenters. The molecule has 0 aliphatic heterocycles. The number of carbonyl (C=O) groups excluding carboxylic acids is 1. The van der Waals surface area contributed by atoms with Crippen molar-refractivity contribution >= 4 is 5.78 Å². The van der Waals surface area contributed by atoms with Crippen LogP contribution in [0.3, 0.4) is 0 Å². The Morgan fingerprint density at radius 3 is 2.39 bits per heavy atom. The minimum atomic E-state index is -0.537.